The van der Waals surface area contributed by atoms with Gasteiger partial charge in [0, 0.05) is 47.1 Å². The highest BCUT2D eigenvalue weighted by Gasteiger charge is 2.27. The van der Waals surface area contributed by atoms with Gasteiger partial charge < -0.3 is 19.7 Å². The number of pyridine rings is 1. The Morgan fingerprint density at radius 3 is 2.45 bits per heavy atom. The Labute approximate surface area is 202 Å². The molecule has 0 radical (unpaired) electrons. The smallest absolute Gasteiger partial charge is 0.227 e. The van der Waals surface area contributed by atoms with Crippen LogP contribution in [-0.2, 0) is 4.79 Å². The number of amides is 1. The summed E-state index contributed by atoms with van der Waals surface area (Å²) in [7, 11) is 0. The summed E-state index contributed by atoms with van der Waals surface area (Å²) in [6, 6.07) is 17.7. The van der Waals surface area contributed by atoms with Crippen LogP contribution in [-0.4, -0.2) is 37.2 Å². The molecule has 2 aliphatic heterocycles. The number of ether oxygens (including phenoxy) is 2. The maximum absolute atomic E-state index is 13.2. The van der Waals surface area contributed by atoms with Crippen molar-refractivity contribution < 1.29 is 14.3 Å². The van der Waals surface area contributed by atoms with Crippen LogP contribution in [0.15, 0.2) is 70.6 Å². The van der Waals surface area contributed by atoms with Gasteiger partial charge in [0.1, 0.15) is 19.0 Å². The molecule has 0 bridgehead atoms. The van der Waals surface area contributed by atoms with Crippen LogP contribution >= 0.6 is 23.4 Å². The number of benzene rings is 2. The van der Waals surface area contributed by atoms with Crippen LogP contribution in [0.3, 0.4) is 0 Å². The number of hydrogen-bond donors (Lipinski definition) is 1. The van der Waals surface area contributed by atoms with Crippen molar-refractivity contribution in [3.8, 4) is 11.5 Å². The molecule has 0 unspecified atom stereocenters. The maximum Gasteiger partial charge on any atom is 0.227 e. The van der Waals surface area contributed by atoms with Crippen molar-refractivity contribution in [2.75, 3.05) is 36.5 Å². The van der Waals surface area contributed by atoms with E-state index in [1.54, 1.807) is 18.0 Å². The van der Waals surface area contributed by atoms with Crippen molar-refractivity contribution in [1.29, 1.82) is 0 Å². The molecule has 3 aromatic rings. The SMILES string of the molecule is O=C(Nc1cc2c(cc1Sc1ccccc1)OCCO2)C1CCN(c2ccc(Cl)cn2)CC1. The summed E-state index contributed by atoms with van der Waals surface area (Å²) in [4.78, 5) is 21.8. The number of nitrogens with zero attached hydrogens (tertiary/aromatic N) is 2. The number of halogens is 1. The van der Waals surface area contributed by atoms with Gasteiger partial charge >= 0.3 is 0 Å². The highest BCUT2D eigenvalue weighted by atomic mass is 35.5. The minimum atomic E-state index is -0.0590. The van der Waals surface area contributed by atoms with E-state index in [0.717, 1.165) is 47.2 Å². The largest absolute Gasteiger partial charge is 0.486 e. The highest BCUT2D eigenvalue weighted by molar-refractivity contribution is 7.99. The fourth-order valence-corrected chi connectivity index (χ4v) is 5.07. The van der Waals surface area contributed by atoms with Gasteiger partial charge in [0.05, 0.1) is 10.7 Å². The van der Waals surface area contributed by atoms with Crippen LogP contribution in [0.1, 0.15) is 12.8 Å². The molecule has 1 aromatic heterocycles. The Kier molecular flexibility index (Phi) is 6.60. The third-order valence-electron chi connectivity index (χ3n) is 5.77. The molecule has 3 heterocycles. The molecule has 2 aliphatic rings. The number of hydrogen-bond acceptors (Lipinski definition) is 6. The van der Waals surface area contributed by atoms with Crippen molar-refractivity contribution in [1.82, 2.24) is 4.98 Å². The quantitative estimate of drug-likeness (QED) is 0.518. The molecule has 1 fully saturated rings. The number of fused-ring (bicyclic) bond motifs is 1. The molecule has 0 saturated carbocycles. The third-order valence-corrected chi connectivity index (χ3v) is 7.06. The second-order valence-electron chi connectivity index (χ2n) is 7.99. The van der Waals surface area contributed by atoms with Gasteiger partial charge in [-0.05, 0) is 37.1 Å². The summed E-state index contributed by atoms with van der Waals surface area (Å²) in [6.45, 7) is 2.58. The number of piperidine rings is 1. The summed E-state index contributed by atoms with van der Waals surface area (Å²) >= 11 is 7.54. The van der Waals surface area contributed by atoms with E-state index in [9.17, 15) is 4.79 Å². The minimum Gasteiger partial charge on any atom is -0.486 e. The Morgan fingerprint density at radius 2 is 1.76 bits per heavy atom. The maximum atomic E-state index is 13.2. The third kappa shape index (κ3) is 5.20. The first kappa shape index (κ1) is 21.9. The van der Waals surface area contributed by atoms with E-state index in [1.165, 1.54) is 0 Å². The van der Waals surface area contributed by atoms with Gasteiger partial charge in [-0.25, -0.2) is 4.98 Å². The van der Waals surface area contributed by atoms with Crippen molar-refractivity contribution in [3.63, 3.8) is 0 Å². The van der Waals surface area contributed by atoms with Crippen LogP contribution in [0.2, 0.25) is 5.02 Å². The normalized spacial score (nSPS) is 15.8. The van der Waals surface area contributed by atoms with Gasteiger partial charge in [-0.2, -0.15) is 0 Å². The van der Waals surface area contributed by atoms with Crippen LogP contribution < -0.4 is 19.7 Å². The molecule has 1 amide bonds. The molecule has 8 heteroatoms. The molecule has 5 rings (SSSR count). The van der Waals surface area contributed by atoms with E-state index in [0.29, 0.717) is 29.7 Å². The van der Waals surface area contributed by atoms with E-state index < -0.39 is 0 Å². The summed E-state index contributed by atoms with van der Waals surface area (Å²) in [6.07, 6.45) is 3.19. The summed E-state index contributed by atoms with van der Waals surface area (Å²) < 4.78 is 11.5. The standard InChI is InChI=1S/C25H24ClN3O3S/c26-18-6-7-24(27-16-18)29-10-8-17(9-11-29)25(30)28-20-14-21-22(32-13-12-31-21)15-23(20)33-19-4-2-1-3-5-19/h1-7,14-17H,8-13H2,(H,28,30). The Morgan fingerprint density at radius 1 is 1.03 bits per heavy atom. The van der Waals surface area contributed by atoms with Gasteiger partial charge in [0.25, 0.3) is 0 Å². The van der Waals surface area contributed by atoms with E-state index in [-0.39, 0.29) is 11.8 Å². The van der Waals surface area contributed by atoms with E-state index in [4.69, 9.17) is 21.1 Å². The second-order valence-corrected chi connectivity index (χ2v) is 9.54. The predicted octanol–water partition coefficient (Wildman–Crippen LogP) is 5.51. The zero-order valence-corrected chi connectivity index (χ0v) is 19.6. The van der Waals surface area contributed by atoms with Gasteiger partial charge in [-0.1, -0.05) is 41.6 Å². The van der Waals surface area contributed by atoms with E-state index in [1.807, 2.05) is 54.6 Å². The van der Waals surface area contributed by atoms with Crippen molar-refractivity contribution in [3.05, 3.63) is 65.8 Å². The van der Waals surface area contributed by atoms with Crippen LogP contribution in [0.25, 0.3) is 0 Å². The van der Waals surface area contributed by atoms with Gasteiger partial charge in [-0.3, -0.25) is 4.79 Å². The monoisotopic (exact) mass is 481 g/mol. The molecule has 33 heavy (non-hydrogen) atoms. The number of aromatic nitrogens is 1. The zero-order chi connectivity index (χ0) is 22.6. The first-order valence-corrected chi connectivity index (χ1v) is 12.2. The van der Waals surface area contributed by atoms with Gasteiger partial charge in [0.2, 0.25) is 5.91 Å². The van der Waals surface area contributed by atoms with Gasteiger partial charge in [-0.15, -0.1) is 0 Å². The molecule has 1 N–H and O–H groups in total. The van der Waals surface area contributed by atoms with Crippen LogP contribution in [0, 0.1) is 5.92 Å². The zero-order valence-electron chi connectivity index (χ0n) is 18.0. The average molecular weight is 482 g/mol. The second kappa shape index (κ2) is 9.93. The fraction of sp³-hybridized carbons (Fsp3) is 0.280. The van der Waals surface area contributed by atoms with Crippen molar-refractivity contribution in [2.24, 2.45) is 5.92 Å². The number of anilines is 2. The first-order chi connectivity index (χ1) is 16.2. The molecule has 1 saturated heterocycles. The molecule has 170 valence electrons. The summed E-state index contributed by atoms with van der Waals surface area (Å²) in [5, 5.41) is 3.79. The Hall–Kier alpha value is -2.90. The predicted molar refractivity (Wildman–Crippen MR) is 131 cm³/mol. The lowest BCUT2D eigenvalue weighted by Gasteiger charge is -2.32. The lowest BCUT2D eigenvalue weighted by molar-refractivity contribution is -0.120. The topological polar surface area (TPSA) is 63.7 Å². The minimum absolute atomic E-state index is 0.0327. The molecule has 0 aliphatic carbocycles. The number of carbonyl (C=O) groups is 1. The lowest BCUT2D eigenvalue weighted by Crippen LogP contribution is -2.38. The highest BCUT2D eigenvalue weighted by Crippen LogP contribution is 2.42. The summed E-state index contributed by atoms with van der Waals surface area (Å²) in [5.74, 6) is 2.24. The number of nitrogens with one attached hydrogen (secondary N) is 1. The lowest BCUT2D eigenvalue weighted by atomic mass is 9.95. The molecular formula is C25H24ClN3O3S. The number of rotatable bonds is 5. The number of carbonyl (C=O) groups excluding carboxylic acids is 1. The van der Waals surface area contributed by atoms with E-state index in [2.05, 4.69) is 15.2 Å². The molecule has 0 spiro atoms. The van der Waals surface area contributed by atoms with Crippen LogP contribution in [0.4, 0.5) is 11.5 Å². The summed E-state index contributed by atoms with van der Waals surface area (Å²) in [5.41, 5.74) is 0.750. The fourth-order valence-electron chi connectivity index (χ4n) is 4.03. The van der Waals surface area contributed by atoms with Crippen molar-refractivity contribution in [2.45, 2.75) is 22.6 Å². The Balaban J connectivity index is 1.30. The van der Waals surface area contributed by atoms with Crippen LogP contribution in [0.5, 0.6) is 11.5 Å². The van der Waals surface area contributed by atoms with Crippen molar-refractivity contribution >= 4 is 40.8 Å². The molecule has 0 atom stereocenters. The first-order valence-electron chi connectivity index (χ1n) is 11.0. The Bertz CT molecular complexity index is 1120. The molecular weight excluding hydrogens is 458 g/mol. The molecule has 2 aromatic carbocycles. The van der Waals surface area contributed by atoms with Gasteiger partial charge in [0.15, 0.2) is 11.5 Å². The average Bonchev–Trinajstić information content (AvgIpc) is 2.85. The van der Waals surface area contributed by atoms with E-state index >= 15 is 0 Å². The molecule has 6 nitrogen and oxygen atoms in total.